The maximum atomic E-state index is 11.0. The summed E-state index contributed by atoms with van der Waals surface area (Å²) in [7, 11) is 6.94. The summed E-state index contributed by atoms with van der Waals surface area (Å²) in [6.45, 7) is 0.199. The van der Waals surface area contributed by atoms with Crippen molar-refractivity contribution in [3.8, 4) is 0 Å². The second-order valence-corrected chi connectivity index (χ2v) is 2.90. The van der Waals surface area contributed by atoms with Crippen LogP contribution in [0.15, 0.2) is 0 Å². The molecule has 0 bridgehead atoms. The molecule has 0 saturated carbocycles. The number of likely N-dealkylation sites (N-methyl/N-ethyl adjacent to an activating group) is 1. The molecule has 1 rings (SSSR count). The lowest BCUT2D eigenvalue weighted by Gasteiger charge is -2.32. The molecule has 1 aliphatic heterocycles. The predicted molar refractivity (Wildman–Crippen MR) is 44.1 cm³/mol. The van der Waals surface area contributed by atoms with Gasteiger partial charge < -0.3 is 19.8 Å². The lowest BCUT2D eigenvalue weighted by molar-refractivity contribution is -0.0111. The molecule has 1 aliphatic rings. The Morgan fingerprint density at radius 2 is 2.50 bits per heavy atom. The van der Waals surface area contributed by atoms with Crippen molar-refractivity contribution in [2.45, 2.75) is 24.6 Å². The Kier molecular flexibility index (Phi) is 3.48. The van der Waals surface area contributed by atoms with E-state index in [4.69, 9.17) is 18.5 Å². The summed E-state index contributed by atoms with van der Waals surface area (Å²) in [4.78, 5) is 4.41. The van der Waals surface area contributed by atoms with E-state index >= 15 is 0 Å². The van der Waals surface area contributed by atoms with Gasteiger partial charge in [-0.3, -0.25) is 0 Å². The van der Waals surface area contributed by atoms with Gasteiger partial charge in [-0.2, -0.15) is 0 Å². The number of nitrogens with two attached hydrogens (primary N) is 1. The minimum atomic E-state index is -0.383. The Balaban J connectivity index is 2.47. The van der Waals surface area contributed by atoms with Gasteiger partial charge in [0, 0.05) is 12.0 Å². The molecule has 12 heavy (non-hydrogen) atoms. The molecule has 1 unspecified atom stereocenters. The Morgan fingerprint density at radius 1 is 1.83 bits per heavy atom. The molecule has 1 heterocycles. The van der Waals surface area contributed by atoms with Crippen molar-refractivity contribution in [1.82, 2.24) is 5.06 Å². The van der Waals surface area contributed by atoms with Gasteiger partial charge in [-0.05, 0) is 13.5 Å². The number of hydrogen-bond acceptors (Lipinski definition) is 5. The van der Waals surface area contributed by atoms with Gasteiger partial charge >= 0.3 is 0 Å². The fourth-order valence-corrected chi connectivity index (χ4v) is 1.39. The molecule has 0 aromatic heterocycles. The van der Waals surface area contributed by atoms with Gasteiger partial charge in [-0.25, -0.2) is 5.90 Å². The third kappa shape index (κ3) is 2.18. The van der Waals surface area contributed by atoms with Gasteiger partial charge in [0.1, 0.15) is 7.85 Å². The molecule has 0 aromatic carbocycles. The molecule has 5 nitrogen and oxygen atoms in total. The van der Waals surface area contributed by atoms with Crippen LogP contribution in [0.1, 0.15) is 6.42 Å². The Hall–Kier alpha value is -0.135. The summed E-state index contributed by atoms with van der Waals surface area (Å²) < 4.78 is 5.21. The lowest BCUT2D eigenvalue weighted by atomic mass is 9.95. The lowest BCUT2D eigenvalue weighted by Crippen LogP contribution is -2.37. The van der Waals surface area contributed by atoms with E-state index in [-0.39, 0.29) is 24.8 Å². The number of nitrogens with zero attached hydrogens (tertiary/aromatic N) is 1. The van der Waals surface area contributed by atoms with E-state index < -0.39 is 0 Å². The summed E-state index contributed by atoms with van der Waals surface area (Å²) in [6.07, 6.45) is 0.209. The first-order valence-corrected chi connectivity index (χ1v) is 3.78. The summed E-state index contributed by atoms with van der Waals surface area (Å²) in [5.41, 5.74) is 0. The summed E-state index contributed by atoms with van der Waals surface area (Å²) in [5, 5.41) is 11.8. The first-order valence-electron chi connectivity index (χ1n) is 3.78. The molecule has 6 heteroatoms. The maximum Gasteiger partial charge on any atom is 0.109 e. The van der Waals surface area contributed by atoms with Crippen LogP contribution in [0.25, 0.3) is 0 Å². The number of hydrogen-bond donors (Lipinski definition) is 1. The summed E-state index contributed by atoms with van der Waals surface area (Å²) in [5.74, 6) is 4.87. The maximum absolute atomic E-state index is 11.0. The minimum absolute atomic E-state index is 0.199. The number of hydroxylamine groups is 2. The van der Waals surface area contributed by atoms with Crippen molar-refractivity contribution >= 4 is 7.85 Å². The second kappa shape index (κ2) is 4.20. The van der Waals surface area contributed by atoms with E-state index in [1.165, 1.54) is 7.05 Å². The minimum Gasteiger partial charge on any atom is -0.785 e. The highest BCUT2D eigenvalue weighted by molar-refractivity contribution is 6.11. The van der Waals surface area contributed by atoms with Crippen LogP contribution in [0, 0.1) is 5.21 Å². The largest absolute Gasteiger partial charge is 0.785 e. The molecule has 3 atom stereocenters. The molecule has 1 fully saturated rings. The normalized spacial score (nSPS) is 36.2. The Labute approximate surface area is 72.7 Å². The third-order valence-electron chi connectivity index (χ3n) is 1.98. The van der Waals surface area contributed by atoms with Crippen LogP contribution in [0.2, 0.25) is 0 Å². The van der Waals surface area contributed by atoms with Crippen molar-refractivity contribution < 1.29 is 9.57 Å². The quantitative estimate of drug-likeness (QED) is 0.433. The highest BCUT2D eigenvalue weighted by atomic mass is 16.6. The van der Waals surface area contributed by atoms with Crippen LogP contribution in [-0.4, -0.2) is 44.7 Å². The van der Waals surface area contributed by atoms with Crippen LogP contribution in [0.3, 0.4) is 0 Å². The van der Waals surface area contributed by atoms with E-state index in [0.717, 1.165) is 5.06 Å². The van der Waals surface area contributed by atoms with E-state index in [9.17, 15) is 5.21 Å². The van der Waals surface area contributed by atoms with Crippen LogP contribution in [0.5, 0.6) is 0 Å². The fraction of sp³-hybridized carbons (Fsp3) is 1.00. The molecular weight excluding hydrogens is 159 g/mol. The van der Waals surface area contributed by atoms with E-state index in [1.54, 1.807) is 0 Å². The van der Waals surface area contributed by atoms with E-state index in [2.05, 4.69) is 4.84 Å². The molecule has 2 N–H and O–H groups in total. The monoisotopic (exact) mass is 171 g/mol. The summed E-state index contributed by atoms with van der Waals surface area (Å²) in [6, 6.07) is -0.630. The zero-order valence-corrected chi connectivity index (χ0v) is 6.97. The van der Waals surface area contributed by atoms with Crippen molar-refractivity contribution in [3.05, 3.63) is 5.21 Å². The van der Waals surface area contributed by atoms with Gasteiger partial charge in [-0.1, -0.05) is 0 Å². The third-order valence-corrected chi connectivity index (χ3v) is 1.98. The van der Waals surface area contributed by atoms with Gasteiger partial charge in [0.2, 0.25) is 0 Å². The topological polar surface area (TPSA) is 70.8 Å². The first-order chi connectivity index (χ1) is 5.65. The van der Waals surface area contributed by atoms with Crippen molar-refractivity contribution in [3.63, 3.8) is 0 Å². The van der Waals surface area contributed by atoms with E-state index in [1.807, 2.05) is 0 Å². The highest BCUT2D eigenvalue weighted by Crippen LogP contribution is 2.22. The zero-order chi connectivity index (χ0) is 9.14. The predicted octanol–water partition coefficient (Wildman–Crippen LogP) is -1.04. The number of rotatable bonds is 3. The van der Waals surface area contributed by atoms with Crippen molar-refractivity contribution in [1.29, 1.82) is 0 Å². The molecule has 1 saturated heterocycles. The highest BCUT2D eigenvalue weighted by Gasteiger charge is 2.32. The molecule has 0 aliphatic carbocycles. The van der Waals surface area contributed by atoms with Crippen molar-refractivity contribution in [2.24, 2.45) is 5.90 Å². The van der Waals surface area contributed by atoms with Gasteiger partial charge in [-0.15, -0.1) is 0 Å². The van der Waals surface area contributed by atoms with Gasteiger partial charge in [0.25, 0.3) is 0 Å². The molecule has 0 spiro atoms. The summed E-state index contributed by atoms with van der Waals surface area (Å²) >= 11 is 0. The number of ether oxygens (including phenoxy) is 1. The Bertz CT molecular complexity index is 147. The average Bonchev–Trinajstić information content (AvgIpc) is 2.32. The molecule has 0 aromatic rings. The van der Waals surface area contributed by atoms with Gasteiger partial charge in [0.15, 0.2) is 0 Å². The van der Waals surface area contributed by atoms with Gasteiger partial charge in [0.05, 0.1) is 12.7 Å². The second-order valence-electron chi connectivity index (χ2n) is 2.90. The molecule has 0 amide bonds. The van der Waals surface area contributed by atoms with Crippen LogP contribution >= 0.6 is 0 Å². The zero-order valence-electron chi connectivity index (χ0n) is 6.97. The SMILES string of the molecule is [B]C1C[C@H](N(C)[O-])[C@@H](CON)O1. The van der Waals surface area contributed by atoms with Crippen LogP contribution < -0.4 is 5.90 Å². The first kappa shape index (κ1) is 9.95. The smallest absolute Gasteiger partial charge is 0.109 e. The molecule has 2 radical (unpaired) electrons. The fourth-order valence-electron chi connectivity index (χ4n) is 1.39. The van der Waals surface area contributed by atoms with Crippen LogP contribution in [-0.2, 0) is 9.57 Å². The van der Waals surface area contributed by atoms with Crippen molar-refractivity contribution in [2.75, 3.05) is 13.7 Å². The van der Waals surface area contributed by atoms with Crippen LogP contribution in [0.4, 0.5) is 0 Å². The molecular formula is C6H12BN2O3-. The average molecular weight is 171 g/mol. The Morgan fingerprint density at radius 3 is 3.00 bits per heavy atom. The molecule has 68 valence electrons. The standard InChI is InChI=1S/C6H12BN2O3/c1-9(10)4-2-6(7)12-5(4)3-11-8/h4-6H,2-3,8H2,1H3/q-1/t4-,5+,6?/m0/s1. The van der Waals surface area contributed by atoms with E-state index in [0.29, 0.717) is 6.42 Å².